The van der Waals surface area contributed by atoms with E-state index in [2.05, 4.69) is 19.2 Å². The summed E-state index contributed by atoms with van der Waals surface area (Å²) in [5.41, 5.74) is 1.27. The van der Waals surface area contributed by atoms with Gasteiger partial charge < -0.3 is 5.11 Å². The van der Waals surface area contributed by atoms with E-state index >= 15 is 0 Å². The third kappa shape index (κ3) is 2.46. The molecular weight excluding hydrogens is 218 g/mol. The summed E-state index contributed by atoms with van der Waals surface area (Å²) in [7, 11) is 0. The first-order valence-corrected chi connectivity index (χ1v) is 7.16. The van der Waals surface area contributed by atoms with E-state index < -0.39 is 0 Å². The minimum absolute atomic E-state index is 0.218. The third-order valence-electron chi connectivity index (χ3n) is 3.63. The number of aliphatic hydroxyl groups excluding tert-OH is 1. The fourth-order valence-corrected chi connectivity index (χ4v) is 3.62. The average Bonchev–Trinajstić information content (AvgIpc) is 2.86. The lowest BCUT2D eigenvalue weighted by Crippen LogP contribution is -2.11. The molecule has 1 N–H and O–H groups in total. The number of rotatable bonds is 4. The first kappa shape index (κ1) is 12.1. The Morgan fingerprint density at radius 2 is 2.12 bits per heavy atom. The van der Waals surface area contributed by atoms with Crippen LogP contribution in [0, 0.1) is 5.92 Å². The maximum absolute atomic E-state index is 9.39. The number of aliphatic hydroxyl groups is 1. The summed E-state index contributed by atoms with van der Waals surface area (Å²) in [6.45, 7) is 4.52. The molecule has 0 bridgehead atoms. The smallest absolute Gasteiger partial charge is 0.0984 e. The van der Waals surface area contributed by atoms with Crippen LogP contribution in [0.1, 0.15) is 62.1 Å². The quantitative estimate of drug-likeness (QED) is 0.872. The molecule has 1 saturated carbocycles. The standard InChI is InChI=1S/C13H21NOS/c1-9(2)11(7-15)13-14-12(8-16-13)10-5-3-4-6-10/h8-11,15H,3-7H2,1-2H3. The SMILES string of the molecule is CC(C)C(CO)c1nc(C2CCCC2)cs1. The molecule has 1 aromatic heterocycles. The summed E-state index contributed by atoms with van der Waals surface area (Å²) in [6, 6.07) is 0. The first-order valence-electron chi connectivity index (χ1n) is 6.28. The Hall–Kier alpha value is -0.410. The average molecular weight is 239 g/mol. The van der Waals surface area contributed by atoms with Gasteiger partial charge in [-0.3, -0.25) is 0 Å². The summed E-state index contributed by atoms with van der Waals surface area (Å²) in [5.74, 6) is 1.38. The highest BCUT2D eigenvalue weighted by atomic mass is 32.1. The van der Waals surface area contributed by atoms with E-state index in [-0.39, 0.29) is 12.5 Å². The van der Waals surface area contributed by atoms with E-state index in [1.165, 1.54) is 31.4 Å². The number of aromatic nitrogens is 1. The maximum atomic E-state index is 9.39. The second-order valence-electron chi connectivity index (χ2n) is 5.13. The minimum atomic E-state index is 0.218. The molecule has 90 valence electrons. The van der Waals surface area contributed by atoms with Crippen molar-refractivity contribution in [1.29, 1.82) is 0 Å². The molecule has 0 amide bonds. The Morgan fingerprint density at radius 1 is 1.44 bits per heavy atom. The monoisotopic (exact) mass is 239 g/mol. The number of thiazole rings is 1. The second kappa shape index (κ2) is 5.28. The maximum Gasteiger partial charge on any atom is 0.0984 e. The molecule has 2 nitrogen and oxygen atoms in total. The molecule has 3 heteroatoms. The summed E-state index contributed by atoms with van der Waals surface area (Å²) in [5, 5.41) is 12.7. The Kier molecular flexibility index (Phi) is 3.98. The first-order chi connectivity index (χ1) is 7.72. The fourth-order valence-electron chi connectivity index (χ4n) is 2.45. The number of nitrogens with zero attached hydrogens (tertiary/aromatic N) is 1. The van der Waals surface area contributed by atoms with Crippen molar-refractivity contribution in [3.05, 3.63) is 16.1 Å². The summed E-state index contributed by atoms with van der Waals surface area (Å²) in [6.07, 6.45) is 5.31. The van der Waals surface area contributed by atoms with E-state index in [1.54, 1.807) is 11.3 Å². The van der Waals surface area contributed by atoms with Gasteiger partial charge in [-0.05, 0) is 18.8 Å². The number of hydrogen-bond acceptors (Lipinski definition) is 3. The zero-order valence-corrected chi connectivity index (χ0v) is 11.0. The Morgan fingerprint density at radius 3 is 2.69 bits per heavy atom. The summed E-state index contributed by atoms with van der Waals surface area (Å²) < 4.78 is 0. The fraction of sp³-hybridized carbons (Fsp3) is 0.769. The molecule has 1 heterocycles. The van der Waals surface area contributed by atoms with Gasteiger partial charge in [0.05, 0.1) is 17.3 Å². The topological polar surface area (TPSA) is 33.1 Å². The van der Waals surface area contributed by atoms with Gasteiger partial charge in [0.15, 0.2) is 0 Å². The van der Waals surface area contributed by atoms with Crippen molar-refractivity contribution in [3.63, 3.8) is 0 Å². The summed E-state index contributed by atoms with van der Waals surface area (Å²) in [4.78, 5) is 4.74. The molecule has 2 rings (SSSR count). The van der Waals surface area contributed by atoms with Crippen LogP contribution in [0.5, 0.6) is 0 Å². The molecule has 0 saturated heterocycles. The molecule has 1 fully saturated rings. The molecule has 1 atom stereocenters. The van der Waals surface area contributed by atoms with E-state index in [1.807, 2.05) is 0 Å². The molecule has 16 heavy (non-hydrogen) atoms. The zero-order chi connectivity index (χ0) is 11.5. The van der Waals surface area contributed by atoms with E-state index in [0.717, 1.165) is 5.01 Å². The van der Waals surface area contributed by atoms with E-state index in [9.17, 15) is 5.11 Å². The van der Waals surface area contributed by atoms with Crippen LogP contribution in [-0.4, -0.2) is 16.7 Å². The lowest BCUT2D eigenvalue weighted by atomic mass is 9.97. The van der Waals surface area contributed by atoms with Gasteiger partial charge in [0.2, 0.25) is 0 Å². The number of hydrogen-bond donors (Lipinski definition) is 1. The van der Waals surface area contributed by atoms with Crippen LogP contribution in [-0.2, 0) is 0 Å². The lowest BCUT2D eigenvalue weighted by Gasteiger charge is -2.15. The molecule has 1 unspecified atom stereocenters. The van der Waals surface area contributed by atoms with Crippen molar-refractivity contribution in [3.8, 4) is 0 Å². The molecule has 0 aliphatic heterocycles. The molecule has 0 radical (unpaired) electrons. The zero-order valence-electron chi connectivity index (χ0n) is 10.1. The Balaban J connectivity index is 2.11. The molecule has 1 aliphatic carbocycles. The van der Waals surface area contributed by atoms with Crippen molar-refractivity contribution >= 4 is 11.3 Å². The third-order valence-corrected chi connectivity index (χ3v) is 4.63. The molecule has 1 aliphatic rings. The van der Waals surface area contributed by atoms with Crippen molar-refractivity contribution in [2.75, 3.05) is 6.61 Å². The summed E-state index contributed by atoms with van der Waals surface area (Å²) >= 11 is 1.73. The predicted molar refractivity (Wildman–Crippen MR) is 68.0 cm³/mol. The van der Waals surface area contributed by atoms with Gasteiger partial charge in [0.25, 0.3) is 0 Å². The highest BCUT2D eigenvalue weighted by Gasteiger charge is 2.23. The van der Waals surface area contributed by atoms with Gasteiger partial charge in [-0.25, -0.2) is 4.98 Å². The van der Waals surface area contributed by atoms with Crippen molar-refractivity contribution < 1.29 is 5.11 Å². The molecule has 0 spiro atoms. The van der Waals surface area contributed by atoms with Gasteiger partial charge in [-0.2, -0.15) is 0 Å². The lowest BCUT2D eigenvalue weighted by molar-refractivity contribution is 0.237. The Bertz CT molecular complexity index is 328. The second-order valence-corrected chi connectivity index (χ2v) is 6.01. The van der Waals surface area contributed by atoms with Crippen molar-refractivity contribution in [2.45, 2.75) is 51.4 Å². The van der Waals surface area contributed by atoms with Crippen LogP contribution in [0.3, 0.4) is 0 Å². The molecule has 1 aromatic rings. The van der Waals surface area contributed by atoms with Crippen LogP contribution in [0.15, 0.2) is 5.38 Å². The van der Waals surface area contributed by atoms with Gasteiger partial charge in [-0.1, -0.05) is 26.7 Å². The van der Waals surface area contributed by atoms with Gasteiger partial charge in [-0.15, -0.1) is 11.3 Å². The van der Waals surface area contributed by atoms with Gasteiger partial charge in [0.1, 0.15) is 0 Å². The largest absolute Gasteiger partial charge is 0.396 e. The minimum Gasteiger partial charge on any atom is -0.396 e. The van der Waals surface area contributed by atoms with E-state index in [0.29, 0.717) is 11.8 Å². The molecule has 0 aromatic carbocycles. The van der Waals surface area contributed by atoms with E-state index in [4.69, 9.17) is 4.98 Å². The van der Waals surface area contributed by atoms with Gasteiger partial charge in [0, 0.05) is 17.2 Å². The molecular formula is C13H21NOS. The normalized spacial score (nSPS) is 19.5. The van der Waals surface area contributed by atoms with Crippen LogP contribution in [0.2, 0.25) is 0 Å². The van der Waals surface area contributed by atoms with Crippen molar-refractivity contribution in [1.82, 2.24) is 4.98 Å². The van der Waals surface area contributed by atoms with Crippen LogP contribution >= 0.6 is 11.3 Å². The van der Waals surface area contributed by atoms with Crippen LogP contribution < -0.4 is 0 Å². The van der Waals surface area contributed by atoms with Crippen LogP contribution in [0.4, 0.5) is 0 Å². The highest BCUT2D eigenvalue weighted by Crippen LogP contribution is 2.36. The van der Waals surface area contributed by atoms with Crippen LogP contribution in [0.25, 0.3) is 0 Å². The van der Waals surface area contributed by atoms with Crippen molar-refractivity contribution in [2.24, 2.45) is 5.92 Å². The Labute approximate surface area is 102 Å². The highest BCUT2D eigenvalue weighted by molar-refractivity contribution is 7.09. The predicted octanol–water partition coefficient (Wildman–Crippen LogP) is 3.53. The van der Waals surface area contributed by atoms with Gasteiger partial charge >= 0.3 is 0 Å².